The molecule has 0 bridgehead atoms. The second kappa shape index (κ2) is 7.53. The number of nitrogens with one attached hydrogen (secondary N) is 2. The highest BCUT2D eigenvalue weighted by atomic mass is 35.5. The quantitative estimate of drug-likeness (QED) is 0.826. The van der Waals surface area contributed by atoms with Crippen LogP contribution >= 0.6 is 12.4 Å². The van der Waals surface area contributed by atoms with Gasteiger partial charge >= 0.3 is 6.18 Å². The third-order valence-electron chi connectivity index (χ3n) is 4.05. The highest BCUT2D eigenvalue weighted by molar-refractivity contribution is 5.91. The molecule has 0 saturated heterocycles. The zero-order chi connectivity index (χ0) is 16.4. The molecule has 1 aromatic carbocycles. The minimum Gasteiger partial charge on any atom is -0.354 e. The summed E-state index contributed by atoms with van der Waals surface area (Å²) in [5.41, 5.74) is -1.03. The molecule has 2 rings (SSSR count). The number of carbonyl (C=O) groups excluding carboxylic acids is 1. The van der Waals surface area contributed by atoms with Crippen molar-refractivity contribution in [2.45, 2.75) is 44.3 Å². The van der Waals surface area contributed by atoms with E-state index in [4.69, 9.17) is 0 Å². The molecule has 1 aromatic rings. The molecule has 1 amide bonds. The van der Waals surface area contributed by atoms with E-state index in [1.807, 2.05) is 13.8 Å². The summed E-state index contributed by atoms with van der Waals surface area (Å²) in [4.78, 5) is 12.4. The van der Waals surface area contributed by atoms with Crippen LogP contribution in [0.15, 0.2) is 24.3 Å². The molecule has 0 aromatic heterocycles. The van der Waals surface area contributed by atoms with Crippen LogP contribution in [0, 0.1) is 0 Å². The van der Waals surface area contributed by atoms with Crippen molar-refractivity contribution in [2.75, 3.05) is 13.1 Å². The maximum atomic E-state index is 12.8. The van der Waals surface area contributed by atoms with Crippen LogP contribution in [-0.4, -0.2) is 25.0 Å². The third-order valence-corrected chi connectivity index (χ3v) is 4.05. The zero-order valence-corrected chi connectivity index (χ0v) is 14.0. The van der Waals surface area contributed by atoms with Gasteiger partial charge in [-0.2, -0.15) is 13.2 Å². The van der Waals surface area contributed by atoms with Crippen molar-refractivity contribution in [1.82, 2.24) is 10.6 Å². The van der Waals surface area contributed by atoms with Gasteiger partial charge in [0.2, 0.25) is 5.91 Å². The average molecular weight is 351 g/mol. The highest BCUT2D eigenvalue weighted by Crippen LogP contribution is 2.49. The van der Waals surface area contributed by atoms with E-state index in [0.717, 1.165) is 18.7 Å². The standard InChI is InChI=1S/C16H21F3N2O.ClH/c1-3-20-11(2)10-21-14(22)15(7-8-15)12-5-4-6-13(9-12)16(17,18)19;/h4-6,9,11,20H,3,7-8,10H2,1-2H3,(H,21,22);1H/t11-;/m1./s1. The molecule has 0 spiro atoms. The van der Waals surface area contributed by atoms with Crippen molar-refractivity contribution >= 4 is 18.3 Å². The smallest absolute Gasteiger partial charge is 0.354 e. The Bertz CT molecular complexity index is 544. The SMILES string of the molecule is CCN[C@H](C)CNC(=O)C1(c2cccc(C(F)(F)F)c2)CC1.Cl. The number of benzene rings is 1. The van der Waals surface area contributed by atoms with Crippen LogP contribution in [0.4, 0.5) is 13.2 Å². The van der Waals surface area contributed by atoms with E-state index in [0.29, 0.717) is 24.9 Å². The normalized spacial score (nSPS) is 17.1. The summed E-state index contributed by atoms with van der Waals surface area (Å²) in [6.45, 7) is 5.19. The van der Waals surface area contributed by atoms with E-state index in [1.54, 1.807) is 6.07 Å². The molecule has 1 fully saturated rings. The van der Waals surface area contributed by atoms with Gasteiger partial charge < -0.3 is 10.6 Å². The van der Waals surface area contributed by atoms with E-state index < -0.39 is 17.2 Å². The molecule has 1 aliphatic carbocycles. The number of amides is 1. The van der Waals surface area contributed by atoms with Crippen molar-refractivity contribution in [1.29, 1.82) is 0 Å². The summed E-state index contributed by atoms with van der Waals surface area (Å²) in [5.74, 6) is -0.184. The fraction of sp³-hybridized carbons (Fsp3) is 0.562. The first-order chi connectivity index (χ1) is 10.3. The van der Waals surface area contributed by atoms with Crippen LogP contribution in [0.2, 0.25) is 0 Å². The van der Waals surface area contributed by atoms with Crippen molar-refractivity contribution in [3.05, 3.63) is 35.4 Å². The maximum absolute atomic E-state index is 12.8. The van der Waals surface area contributed by atoms with Crippen LogP contribution in [-0.2, 0) is 16.4 Å². The molecule has 0 heterocycles. The molecular formula is C16H22ClF3N2O. The molecule has 1 saturated carbocycles. The first-order valence-electron chi connectivity index (χ1n) is 7.49. The zero-order valence-electron chi connectivity index (χ0n) is 13.2. The fourth-order valence-corrected chi connectivity index (χ4v) is 2.60. The van der Waals surface area contributed by atoms with Gasteiger partial charge in [0.25, 0.3) is 0 Å². The van der Waals surface area contributed by atoms with Gasteiger partial charge in [-0.15, -0.1) is 12.4 Å². The van der Waals surface area contributed by atoms with Crippen LogP contribution in [0.3, 0.4) is 0 Å². The van der Waals surface area contributed by atoms with Gasteiger partial charge in [-0.3, -0.25) is 4.79 Å². The largest absolute Gasteiger partial charge is 0.416 e. The maximum Gasteiger partial charge on any atom is 0.416 e. The van der Waals surface area contributed by atoms with Crippen LogP contribution in [0.1, 0.15) is 37.8 Å². The molecule has 0 unspecified atom stereocenters. The van der Waals surface area contributed by atoms with Gasteiger partial charge in [0.15, 0.2) is 0 Å². The van der Waals surface area contributed by atoms with Crippen LogP contribution in [0.25, 0.3) is 0 Å². The summed E-state index contributed by atoms with van der Waals surface area (Å²) in [7, 11) is 0. The lowest BCUT2D eigenvalue weighted by Crippen LogP contribution is -2.43. The number of hydrogen-bond acceptors (Lipinski definition) is 2. The Hall–Kier alpha value is -1.27. The number of halogens is 4. The van der Waals surface area contributed by atoms with Gasteiger partial charge in [-0.1, -0.05) is 25.1 Å². The van der Waals surface area contributed by atoms with Crippen LogP contribution < -0.4 is 10.6 Å². The molecular weight excluding hydrogens is 329 g/mol. The van der Waals surface area contributed by atoms with E-state index in [2.05, 4.69) is 10.6 Å². The first kappa shape index (κ1) is 19.8. The summed E-state index contributed by atoms with van der Waals surface area (Å²) >= 11 is 0. The van der Waals surface area contributed by atoms with E-state index >= 15 is 0 Å². The van der Waals surface area contributed by atoms with Crippen molar-refractivity contribution in [2.24, 2.45) is 0 Å². The number of carbonyl (C=O) groups is 1. The predicted molar refractivity (Wildman–Crippen MR) is 85.8 cm³/mol. The van der Waals surface area contributed by atoms with Crippen LogP contribution in [0.5, 0.6) is 0 Å². The molecule has 3 nitrogen and oxygen atoms in total. The summed E-state index contributed by atoms with van der Waals surface area (Å²) in [6.07, 6.45) is -3.20. The number of alkyl halides is 3. The van der Waals surface area contributed by atoms with Gasteiger partial charge in [0.05, 0.1) is 11.0 Å². The number of likely N-dealkylation sites (N-methyl/N-ethyl adjacent to an activating group) is 1. The lowest BCUT2D eigenvalue weighted by molar-refractivity contribution is -0.137. The van der Waals surface area contributed by atoms with Gasteiger partial charge in [-0.05, 0) is 37.9 Å². The molecule has 7 heteroatoms. The Balaban J connectivity index is 0.00000264. The lowest BCUT2D eigenvalue weighted by Gasteiger charge is -2.19. The summed E-state index contributed by atoms with van der Waals surface area (Å²) in [6, 6.07) is 5.24. The molecule has 1 atom stereocenters. The first-order valence-corrected chi connectivity index (χ1v) is 7.49. The monoisotopic (exact) mass is 350 g/mol. The molecule has 0 radical (unpaired) electrons. The van der Waals surface area contributed by atoms with Gasteiger partial charge in [0.1, 0.15) is 0 Å². The molecule has 1 aliphatic rings. The number of rotatable bonds is 6. The Morgan fingerprint density at radius 2 is 2.00 bits per heavy atom. The topological polar surface area (TPSA) is 41.1 Å². The lowest BCUT2D eigenvalue weighted by atomic mass is 9.93. The molecule has 130 valence electrons. The molecule has 23 heavy (non-hydrogen) atoms. The van der Waals surface area contributed by atoms with Crippen molar-refractivity contribution in [3.8, 4) is 0 Å². The van der Waals surface area contributed by atoms with E-state index in [-0.39, 0.29) is 24.4 Å². The number of hydrogen-bond donors (Lipinski definition) is 2. The Labute approximate surface area is 140 Å². The molecule has 2 N–H and O–H groups in total. The average Bonchev–Trinajstić information content (AvgIpc) is 3.26. The third kappa shape index (κ3) is 4.61. The molecule has 0 aliphatic heterocycles. The van der Waals surface area contributed by atoms with E-state index in [9.17, 15) is 18.0 Å². The highest BCUT2D eigenvalue weighted by Gasteiger charge is 2.51. The summed E-state index contributed by atoms with van der Waals surface area (Å²) in [5, 5.41) is 6.02. The predicted octanol–water partition coefficient (Wildman–Crippen LogP) is 3.27. The van der Waals surface area contributed by atoms with Gasteiger partial charge in [-0.25, -0.2) is 0 Å². The fourth-order valence-electron chi connectivity index (χ4n) is 2.60. The minimum absolute atomic E-state index is 0. The van der Waals surface area contributed by atoms with E-state index in [1.165, 1.54) is 6.07 Å². The Morgan fingerprint density at radius 1 is 1.35 bits per heavy atom. The minimum atomic E-state index is -4.39. The van der Waals surface area contributed by atoms with Crippen molar-refractivity contribution < 1.29 is 18.0 Å². The Morgan fingerprint density at radius 3 is 2.52 bits per heavy atom. The second-order valence-corrected chi connectivity index (χ2v) is 5.83. The Kier molecular flexibility index (Phi) is 6.48. The van der Waals surface area contributed by atoms with Crippen molar-refractivity contribution in [3.63, 3.8) is 0 Å². The summed E-state index contributed by atoms with van der Waals surface area (Å²) < 4.78 is 38.4. The van der Waals surface area contributed by atoms with Gasteiger partial charge in [0, 0.05) is 12.6 Å². The second-order valence-electron chi connectivity index (χ2n) is 5.83.